The molecule has 12 heteroatoms. The van der Waals surface area contributed by atoms with Crippen LogP contribution in [-0.4, -0.2) is 53.0 Å². The first-order chi connectivity index (χ1) is 10.7. The molecule has 2 atom stereocenters. The Hall–Kier alpha value is -1.01. The van der Waals surface area contributed by atoms with Crippen molar-refractivity contribution >= 4 is 33.3 Å². The van der Waals surface area contributed by atoms with E-state index < -0.39 is 58.6 Å². The molecule has 2 rings (SSSR count). The first kappa shape index (κ1) is 19.3. The standard InChI is InChI=1S/C12H9BrF6O5/c13-10(8(22)12(17,18)19)4-9(23-1-2-24-9)3-5(6(10)20)7(21)11(14,15)16/h5H,1-4H2. The molecule has 1 aliphatic heterocycles. The zero-order valence-corrected chi connectivity index (χ0v) is 13.2. The molecule has 0 aromatic carbocycles. The molecule has 0 amide bonds. The van der Waals surface area contributed by atoms with Gasteiger partial charge in [-0.25, -0.2) is 0 Å². The zero-order chi connectivity index (χ0) is 18.6. The molecular weight excluding hydrogens is 418 g/mol. The lowest BCUT2D eigenvalue weighted by molar-refractivity contribution is -0.211. The normalized spacial score (nSPS) is 30.6. The van der Waals surface area contributed by atoms with Gasteiger partial charge in [-0.05, 0) is 0 Å². The highest BCUT2D eigenvalue weighted by atomic mass is 79.9. The number of hydrogen-bond acceptors (Lipinski definition) is 5. The van der Waals surface area contributed by atoms with Gasteiger partial charge in [0.25, 0.3) is 5.78 Å². The Kier molecular flexibility index (Phi) is 4.64. The first-order valence-electron chi connectivity index (χ1n) is 6.47. The highest BCUT2D eigenvalue weighted by molar-refractivity contribution is 9.10. The van der Waals surface area contributed by atoms with E-state index in [9.17, 15) is 40.7 Å². The number of ether oxygens (including phenoxy) is 2. The molecule has 0 radical (unpaired) electrons. The van der Waals surface area contributed by atoms with Crippen molar-refractivity contribution < 1.29 is 50.2 Å². The van der Waals surface area contributed by atoms with E-state index in [1.807, 2.05) is 0 Å². The SMILES string of the molecule is O=C(C1CC2(CC(Br)(C(=O)C(F)(F)F)C1=O)OCCO2)C(F)(F)F. The smallest absolute Gasteiger partial charge is 0.347 e. The molecule has 1 heterocycles. The van der Waals surface area contributed by atoms with Crippen molar-refractivity contribution in [3.8, 4) is 0 Å². The van der Waals surface area contributed by atoms with Gasteiger partial charge >= 0.3 is 12.4 Å². The molecule has 1 saturated carbocycles. The minimum Gasteiger partial charge on any atom is -0.347 e. The third-order valence-corrected chi connectivity index (χ3v) is 4.79. The Bertz CT molecular complexity index is 579. The Morgan fingerprint density at radius 1 is 1.04 bits per heavy atom. The molecule has 2 aliphatic rings. The van der Waals surface area contributed by atoms with Gasteiger partial charge in [-0.2, -0.15) is 26.3 Å². The lowest BCUT2D eigenvalue weighted by Gasteiger charge is -2.42. The van der Waals surface area contributed by atoms with Crippen molar-refractivity contribution in [1.82, 2.24) is 0 Å². The summed E-state index contributed by atoms with van der Waals surface area (Å²) in [7, 11) is 0. The van der Waals surface area contributed by atoms with Crippen LogP contribution in [-0.2, 0) is 23.9 Å². The van der Waals surface area contributed by atoms with Gasteiger partial charge in [0.1, 0.15) is 0 Å². The van der Waals surface area contributed by atoms with Crippen LogP contribution in [0.4, 0.5) is 26.3 Å². The van der Waals surface area contributed by atoms with Crippen molar-refractivity contribution in [2.24, 2.45) is 5.92 Å². The van der Waals surface area contributed by atoms with E-state index in [0.717, 1.165) is 0 Å². The van der Waals surface area contributed by atoms with Crippen LogP contribution in [0.2, 0.25) is 0 Å². The Balaban J connectivity index is 2.49. The van der Waals surface area contributed by atoms with E-state index in [2.05, 4.69) is 15.9 Å². The fourth-order valence-electron chi connectivity index (χ4n) is 2.75. The third-order valence-electron chi connectivity index (χ3n) is 3.76. The van der Waals surface area contributed by atoms with E-state index in [1.54, 1.807) is 0 Å². The number of carbonyl (C=O) groups is 3. The van der Waals surface area contributed by atoms with Gasteiger partial charge in [0, 0.05) is 12.8 Å². The maximum absolute atomic E-state index is 12.8. The minimum absolute atomic E-state index is 0.162. The molecule has 2 fully saturated rings. The molecule has 2 unspecified atom stereocenters. The number of carbonyl (C=O) groups excluding carboxylic acids is 3. The maximum atomic E-state index is 12.8. The van der Waals surface area contributed by atoms with Gasteiger partial charge in [-0.3, -0.25) is 14.4 Å². The molecule has 5 nitrogen and oxygen atoms in total. The van der Waals surface area contributed by atoms with Crippen LogP contribution in [0.1, 0.15) is 12.8 Å². The maximum Gasteiger partial charge on any atom is 0.451 e. The Morgan fingerprint density at radius 2 is 1.54 bits per heavy atom. The van der Waals surface area contributed by atoms with Crippen molar-refractivity contribution in [2.45, 2.75) is 35.3 Å². The second kappa shape index (κ2) is 5.77. The van der Waals surface area contributed by atoms with Crippen LogP contribution >= 0.6 is 15.9 Å². The highest BCUT2D eigenvalue weighted by Crippen LogP contribution is 2.49. The van der Waals surface area contributed by atoms with Gasteiger partial charge < -0.3 is 9.47 Å². The van der Waals surface area contributed by atoms with Crippen LogP contribution < -0.4 is 0 Å². The summed E-state index contributed by atoms with van der Waals surface area (Å²) >= 11 is 2.32. The largest absolute Gasteiger partial charge is 0.451 e. The number of Topliss-reactive ketones (excluding diaryl/α,β-unsaturated/α-hetero) is 3. The van der Waals surface area contributed by atoms with Crippen LogP contribution in [0.15, 0.2) is 0 Å². The Labute approximate surface area is 138 Å². The van der Waals surface area contributed by atoms with E-state index in [-0.39, 0.29) is 13.2 Å². The van der Waals surface area contributed by atoms with Crippen LogP contribution in [0.3, 0.4) is 0 Å². The summed E-state index contributed by atoms with van der Waals surface area (Å²) < 4.78 is 83.3. The molecule has 24 heavy (non-hydrogen) atoms. The highest BCUT2D eigenvalue weighted by Gasteiger charge is 2.67. The lowest BCUT2D eigenvalue weighted by Crippen LogP contribution is -2.62. The van der Waals surface area contributed by atoms with E-state index in [0.29, 0.717) is 0 Å². The summed E-state index contributed by atoms with van der Waals surface area (Å²) in [5.74, 6) is -11.6. The molecule has 136 valence electrons. The van der Waals surface area contributed by atoms with Gasteiger partial charge in [0.15, 0.2) is 15.9 Å². The van der Waals surface area contributed by atoms with Crippen molar-refractivity contribution in [3.63, 3.8) is 0 Å². The number of rotatable bonds is 2. The van der Waals surface area contributed by atoms with Crippen molar-refractivity contribution in [3.05, 3.63) is 0 Å². The quantitative estimate of drug-likeness (QED) is 0.384. The summed E-state index contributed by atoms with van der Waals surface area (Å²) in [5, 5.41) is 0. The van der Waals surface area contributed by atoms with Gasteiger partial charge in [0.05, 0.1) is 19.1 Å². The van der Waals surface area contributed by atoms with Crippen LogP contribution in [0, 0.1) is 5.92 Å². The predicted octanol–water partition coefficient (Wildman–Crippen LogP) is 2.11. The monoisotopic (exact) mass is 426 g/mol. The molecule has 0 aromatic rings. The fourth-order valence-corrected chi connectivity index (χ4v) is 3.68. The topological polar surface area (TPSA) is 69.7 Å². The summed E-state index contributed by atoms with van der Waals surface area (Å²) in [4.78, 5) is 35.2. The first-order valence-corrected chi connectivity index (χ1v) is 7.26. The number of halogens is 7. The van der Waals surface area contributed by atoms with E-state index in [1.165, 1.54) is 0 Å². The van der Waals surface area contributed by atoms with Gasteiger partial charge in [-0.15, -0.1) is 0 Å². The fraction of sp³-hybridized carbons (Fsp3) is 0.750. The van der Waals surface area contributed by atoms with Crippen LogP contribution in [0.5, 0.6) is 0 Å². The molecule has 0 bridgehead atoms. The summed E-state index contributed by atoms with van der Waals surface area (Å²) in [6.07, 6.45) is -12.9. The van der Waals surface area contributed by atoms with Gasteiger partial charge in [0.2, 0.25) is 5.78 Å². The van der Waals surface area contributed by atoms with Crippen molar-refractivity contribution in [1.29, 1.82) is 0 Å². The zero-order valence-electron chi connectivity index (χ0n) is 11.6. The summed E-state index contributed by atoms with van der Waals surface area (Å²) in [6, 6.07) is 0. The van der Waals surface area contributed by atoms with E-state index >= 15 is 0 Å². The predicted molar refractivity (Wildman–Crippen MR) is 66.1 cm³/mol. The molecule has 0 aromatic heterocycles. The minimum atomic E-state index is -5.51. The number of hydrogen-bond donors (Lipinski definition) is 0. The number of ketones is 3. The van der Waals surface area contributed by atoms with Crippen molar-refractivity contribution in [2.75, 3.05) is 13.2 Å². The Morgan fingerprint density at radius 3 is 1.96 bits per heavy atom. The summed E-state index contributed by atoms with van der Waals surface area (Å²) in [5.41, 5.74) is 0. The third kappa shape index (κ3) is 3.23. The molecule has 1 saturated heterocycles. The lowest BCUT2D eigenvalue weighted by atomic mass is 9.72. The molecule has 1 spiro atoms. The average molecular weight is 427 g/mol. The number of alkyl halides is 7. The second-order valence-corrected chi connectivity index (χ2v) is 6.75. The molecule has 0 N–H and O–H groups in total. The molecular formula is C12H9BrF6O5. The average Bonchev–Trinajstić information content (AvgIpc) is 2.87. The molecule has 1 aliphatic carbocycles. The van der Waals surface area contributed by atoms with E-state index in [4.69, 9.17) is 9.47 Å². The summed E-state index contributed by atoms with van der Waals surface area (Å²) in [6.45, 7) is -0.325. The van der Waals surface area contributed by atoms with Gasteiger partial charge in [-0.1, -0.05) is 15.9 Å². The second-order valence-electron chi connectivity index (χ2n) is 5.40. The van der Waals surface area contributed by atoms with Crippen LogP contribution in [0.25, 0.3) is 0 Å².